The lowest BCUT2D eigenvalue weighted by molar-refractivity contribution is 0.250. The molecule has 0 saturated carbocycles. The summed E-state index contributed by atoms with van der Waals surface area (Å²) in [6.07, 6.45) is 84.4. The molecule has 0 amide bonds. The van der Waals surface area contributed by atoms with E-state index in [1.807, 2.05) is 0 Å². The summed E-state index contributed by atoms with van der Waals surface area (Å²) in [4.78, 5) is 0. The minimum absolute atomic E-state index is 0.558. The molecule has 0 fully saturated rings. The van der Waals surface area contributed by atoms with E-state index in [4.69, 9.17) is 4.52 Å². The summed E-state index contributed by atoms with van der Waals surface area (Å²) in [6, 6.07) is 0. The molecule has 0 rings (SSSR count). The van der Waals surface area contributed by atoms with Crippen molar-refractivity contribution in [2.75, 3.05) is 13.7 Å². The number of hydrogen-bond donors (Lipinski definition) is 0. The highest BCUT2D eigenvalue weighted by Gasteiger charge is 2.15. The van der Waals surface area contributed by atoms with Crippen molar-refractivity contribution >= 4 is 8.25 Å². The second kappa shape index (κ2) is 62.0. The third-order valence-corrected chi connectivity index (χ3v) is 15.5. The molecule has 0 radical (unpaired) electrons. The molecule has 0 aromatic rings. The van der Waals surface area contributed by atoms with Crippen LogP contribution in [0.4, 0.5) is 0 Å². The first-order valence-corrected chi connectivity index (χ1v) is 32.0. The average Bonchev–Trinajstić information content (AvgIpc) is 3.32. The van der Waals surface area contributed by atoms with Crippen LogP contribution in [0, 0.1) is 0 Å². The van der Waals surface area contributed by atoms with Gasteiger partial charge in [-0.3, -0.25) is 0 Å². The smallest absolute Gasteiger partial charge is 0.122 e. The molecule has 0 spiro atoms. The summed E-state index contributed by atoms with van der Waals surface area (Å²) < 4.78 is 20.7. The Morgan fingerprint density at radius 2 is 0.338 bits per heavy atom. The van der Waals surface area contributed by atoms with Crippen molar-refractivity contribution < 1.29 is 13.6 Å². The monoisotopic (exact) mass is 936 g/mol. The Labute approximate surface area is 413 Å². The highest BCUT2D eigenvalue weighted by molar-refractivity contribution is 7.33. The van der Waals surface area contributed by atoms with Gasteiger partial charge in [-0.2, -0.15) is 0 Å². The minimum Gasteiger partial charge on any atom is -0.122 e. The van der Waals surface area contributed by atoms with Crippen molar-refractivity contribution in [2.45, 2.75) is 379 Å². The zero-order valence-electron chi connectivity index (χ0n) is 45.4. The summed E-state index contributed by atoms with van der Waals surface area (Å²) in [5.74, 6) is 0. The van der Waals surface area contributed by atoms with E-state index in [1.54, 1.807) is 0 Å². The van der Waals surface area contributed by atoms with Gasteiger partial charge in [-0.05, 0) is 6.42 Å². The fourth-order valence-corrected chi connectivity index (χ4v) is 10.7. The van der Waals surface area contributed by atoms with Crippen LogP contribution in [0.5, 0.6) is 0 Å². The van der Waals surface area contributed by atoms with Gasteiger partial charge in [0.1, 0.15) is 6.61 Å². The van der Waals surface area contributed by atoms with Crippen molar-refractivity contribution in [3.8, 4) is 0 Å². The van der Waals surface area contributed by atoms with Gasteiger partial charge in [-0.15, -0.1) is 9.05 Å². The topological polar surface area (TPSA) is 35.5 Å². The summed E-state index contributed by atoms with van der Waals surface area (Å²) in [7, 11) is -0.460. The fourth-order valence-electron chi connectivity index (χ4n) is 10.3. The largest absolute Gasteiger partial charge is 0.697 e. The van der Waals surface area contributed by atoms with E-state index in [1.165, 1.54) is 373 Å². The van der Waals surface area contributed by atoms with Gasteiger partial charge >= 0.3 is 8.25 Å². The maximum atomic E-state index is 11.0. The Morgan fingerprint density at radius 3 is 0.462 bits per heavy atom. The van der Waals surface area contributed by atoms with E-state index >= 15 is 0 Å². The zero-order valence-corrected chi connectivity index (χ0v) is 46.3. The van der Waals surface area contributed by atoms with Gasteiger partial charge in [0.15, 0.2) is 0 Å². The number of unbranched alkanes of at least 4 members (excludes halogenated alkanes) is 57. The molecule has 0 aliphatic heterocycles. The van der Waals surface area contributed by atoms with E-state index < -0.39 is 8.25 Å². The Bertz CT molecular complexity index is 834. The average molecular weight is 937 g/mol. The molecular formula is C61H124O3P+. The van der Waals surface area contributed by atoms with Crippen molar-refractivity contribution in [1.29, 1.82) is 0 Å². The summed E-state index contributed by atoms with van der Waals surface area (Å²) in [6.45, 7) is 2.87. The first-order valence-electron chi connectivity index (χ1n) is 31.0. The van der Waals surface area contributed by atoms with Gasteiger partial charge in [-0.25, -0.2) is 0 Å². The Kier molecular flexibility index (Phi) is 62.1. The van der Waals surface area contributed by atoms with Crippen LogP contribution < -0.4 is 0 Å². The molecule has 0 aliphatic carbocycles. The summed E-state index contributed by atoms with van der Waals surface area (Å²) in [5.41, 5.74) is 0. The summed E-state index contributed by atoms with van der Waals surface area (Å²) in [5, 5.41) is 0. The van der Waals surface area contributed by atoms with Crippen LogP contribution in [0.3, 0.4) is 0 Å². The first kappa shape index (κ1) is 65.0. The number of rotatable bonds is 61. The Balaban J connectivity index is 3.07. The zero-order chi connectivity index (χ0) is 46.7. The molecule has 3 nitrogen and oxygen atoms in total. The lowest BCUT2D eigenvalue weighted by Crippen LogP contribution is -1.88. The third kappa shape index (κ3) is 62.0. The highest BCUT2D eigenvalue weighted by atomic mass is 31.1. The van der Waals surface area contributed by atoms with Crippen LogP contribution in [-0.2, 0) is 13.6 Å². The Morgan fingerprint density at radius 1 is 0.215 bits per heavy atom. The molecule has 0 aliphatic rings. The molecule has 0 N–H and O–H groups in total. The predicted octanol–water partition coefficient (Wildman–Crippen LogP) is 24.0. The molecule has 0 aromatic heterocycles. The second-order valence-corrected chi connectivity index (χ2v) is 22.5. The molecule has 0 saturated heterocycles. The lowest BCUT2D eigenvalue weighted by Gasteiger charge is -2.05. The van der Waals surface area contributed by atoms with Gasteiger partial charge in [0.2, 0.25) is 0 Å². The standard InChI is InChI=1S/C61H124O3P/c1-3-4-5-6-7-8-9-10-11-12-13-14-15-16-17-18-19-20-21-22-23-24-25-26-27-28-29-30-31-32-33-34-35-36-37-38-39-40-41-42-43-44-45-46-47-48-49-50-51-52-53-54-55-56-57-58-59-60-61-64-65(62)63-2/h3-61H2,1-2H3/q+1. The van der Waals surface area contributed by atoms with Crippen LogP contribution in [0.25, 0.3) is 0 Å². The lowest BCUT2D eigenvalue weighted by atomic mass is 10.0. The molecule has 4 heteroatoms. The van der Waals surface area contributed by atoms with Crippen molar-refractivity contribution in [3.05, 3.63) is 0 Å². The molecular weight excluding hydrogens is 812 g/mol. The quantitative estimate of drug-likeness (QED) is 0.0450. The van der Waals surface area contributed by atoms with Crippen molar-refractivity contribution in [1.82, 2.24) is 0 Å². The van der Waals surface area contributed by atoms with Gasteiger partial charge in [0.25, 0.3) is 0 Å². The number of hydrogen-bond acceptors (Lipinski definition) is 3. The van der Waals surface area contributed by atoms with E-state index in [0.717, 1.165) is 6.42 Å². The molecule has 0 aromatic carbocycles. The van der Waals surface area contributed by atoms with E-state index in [2.05, 4.69) is 11.4 Å². The SMILES string of the molecule is CCCCCCCCCCCCCCCCCCCCCCCCCCCCCCCCCCCCCCCCCCCCCCCCCCCCCCCCCCCCO[P+](=O)OC. The predicted molar refractivity (Wildman–Crippen MR) is 294 cm³/mol. The molecule has 65 heavy (non-hydrogen) atoms. The second-order valence-electron chi connectivity index (χ2n) is 21.4. The maximum Gasteiger partial charge on any atom is 0.697 e. The van der Waals surface area contributed by atoms with Crippen LogP contribution in [0.2, 0.25) is 0 Å². The van der Waals surface area contributed by atoms with Crippen molar-refractivity contribution in [3.63, 3.8) is 0 Å². The van der Waals surface area contributed by atoms with Crippen LogP contribution >= 0.6 is 8.25 Å². The normalized spacial score (nSPS) is 11.9. The molecule has 1 unspecified atom stereocenters. The van der Waals surface area contributed by atoms with Gasteiger partial charge in [0.05, 0.1) is 7.11 Å². The molecule has 0 bridgehead atoms. The summed E-state index contributed by atoms with van der Waals surface area (Å²) >= 11 is 0. The maximum absolute atomic E-state index is 11.0. The van der Waals surface area contributed by atoms with Crippen molar-refractivity contribution in [2.24, 2.45) is 0 Å². The fraction of sp³-hybridized carbons (Fsp3) is 1.00. The van der Waals surface area contributed by atoms with Gasteiger partial charge in [0, 0.05) is 4.57 Å². The van der Waals surface area contributed by atoms with E-state index in [9.17, 15) is 4.57 Å². The molecule has 0 heterocycles. The Hall–Kier alpha value is 0.0200. The highest BCUT2D eigenvalue weighted by Crippen LogP contribution is 2.23. The van der Waals surface area contributed by atoms with Crippen LogP contribution in [-0.4, -0.2) is 13.7 Å². The molecule has 1 atom stereocenters. The first-order chi connectivity index (χ1) is 32.3. The van der Waals surface area contributed by atoms with Gasteiger partial charge < -0.3 is 0 Å². The van der Waals surface area contributed by atoms with Crippen LogP contribution in [0.15, 0.2) is 0 Å². The van der Waals surface area contributed by atoms with Gasteiger partial charge in [-0.1, -0.05) is 373 Å². The third-order valence-electron chi connectivity index (χ3n) is 14.8. The van der Waals surface area contributed by atoms with E-state index in [0.29, 0.717) is 6.61 Å². The van der Waals surface area contributed by atoms with Crippen LogP contribution in [0.1, 0.15) is 379 Å². The minimum atomic E-state index is -1.88. The van der Waals surface area contributed by atoms with E-state index in [-0.39, 0.29) is 0 Å². The molecule has 390 valence electrons.